The number of carbonyl (C=O) groups excluding carboxylic acids is 1. The van der Waals surface area contributed by atoms with Crippen LogP contribution in [0.4, 0.5) is 0 Å². The van der Waals surface area contributed by atoms with E-state index < -0.39 is 6.29 Å². The maximum atomic E-state index is 12.8. The molecule has 1 fully saturated rings. The third-order valence-electron chi connectivity index (χ3n) is 5.06. The van der Waals surface area contributed by atoms with Crippen molar-refractivity contribution in [1.29, 1.82) is 0 Å². The van der Waals surface area contributed by atoms with Gasteiger partial charge in [0.2, 0.25) is 6.29 Å². The smallest absolute Gasteiger partial charge is 0.288 e. The number of ether oxygens (including phenoxy) is 3. The summed E-state index contributed by atoms with van der Waals surface area (Å²) in [6.45, 7) is 2.23. The van der Waals surface area contributed by atoms with Crippen LogP contribution < -0.4 is 4.74 Å². The average molecular weight is 375 g/mol. The monoisotopic (exact) mass is 375 g/mol. The Morgan fingerprint density at radius 1 is 1.22 bits per heavy atom. The van der Waals surface area contributed by atoms with Gasteiger partial charge in [-0.05, 0) is 49.5 Å². The van der Waals surface area contributed by atoms with Crippen LogP contribution in [0.1, 0.15) is 43.6 Å². The molecule has 2 heterocycles. The molecule has 2 atom stereocenters. The molecule has 6 heteroatoms. The Morgan fingerprint density at radius 3 is 2.63 bits per heavy atom. The van der Waals surface area contributed by atoms with Crippen molar-refractivity contribution in [2.45, 2.75) is 44.3 Å². The normalized spacial score (nSPS) is 22.3. The summed E-state index contributed by atoms with van der Waals surface area (Å²) < 4.78 is 17.0. The summed E-state index contributed by atoms with van der Waals surface area (Å²) in [6, 6.07) is 7.90. The summed E-state index contributed by atoms with van der Waals surface area (Å²) in [5, 5.41) is 8.92. The quantitative estimate of drug-likeness (QED) is 0.708. The van der Waals surface area contributed by atoms with E-state index in [0.29, 0.717) is 25.2 Å². The highest BCUT2D eigenvalue weighted by molar-refractivity contribution is 5.92. The lowest BCUT2D eigenvalue weighted by atomic mass is 9.92. The number of nitrogens with zero attached hydrogens (tertiary/aromatic N) is 1. The SMILES string of the molecule is COc1ccc([C@@H]2C=C(C(=O)N3CCCC3)O[C@H](OCCCCO)C2)cc1. The van der Waals surface area contributed by atoms with Crippen molar-refractivity contribution < 1.29 is 24.1 Å². The van der Waals surface area contributed by atoms with Crippen molar-refractivity contribution in [2.75, 3.05) is 33.4 Å². The van der Waals surface area contributed by atoms with Crippen molar-refractivity contribution in [3.05, 3.63) is 41.7 Å². The topological polar surface area (TPSA) is 68.2 Å². The standard InChI is InChI=1S/C21H29NO5/c1-25-18-8-6-16(7-9-18)17-14-19(21(24)22-10-2-3-11-22)27-20(15-17)26-13-5-4-12-23/h6-9,14,17,20,23H,2-5,10-13,15H2,1H3/t17-,20+/m1/s1. The first-order chi connectivity index (χ1) is 13.2. The number of aliphatic hydroxyl groups excluding tert-OH is 1. The highest BCUT2D eigenvalue weighted by Gasteiger charge is 2.31. The number of likely N-dealkylation sites (tertiary alicyclic amines) is 1. The summed E-state index contributed by atoms with van der Waals surface area (Å²) in [6.07, 6.45) is 5.68. The lowest BCUT2D eigenvalue weighted by Gasteiger charge is -2.30. The third kappa shape index (κ3) is 5.23. The molecule has 0 radical (unpaired) electrons. The number of amides is 1. The number of allylic oxidation sites excluding steroid dienone is 1. The van der Waals surface area contributed by atoms with E-state index in [1.165, 1.54) is 0 Å². The summed E-state index contributed by atoms with van der Waals surface area (Å²) in [7, 11) is 1.65. The number of hydrogen-bond acceptors (Lipinski definition) is 5. The summed E-state index contributed by atoms with van der Waals surface area (Å²) in [5.41, 5.74) is 1.11. The molecule has 0 saturated carbocycles. The molecular weight excluding hydrogens is 346 g/mol. The van der Waals surface area contributed by atoms with E-state index in [-0.39, 0.29) is 18.4 Å². The van der Waals surface area contributed by atoms with Gasteiger partial charge in [-0.1, -0.05) is 12.1 Å². The van der Waals surface area contributed by atoms with Gasteiger partial charge in [-0.25, -0.2) is 0 Å². The molecule has 1 saturated heterocycles. The fourth-order valence-electron chi connectivity index (χ4n) is 3.50. The Balaban J connectivity index is 1.74. The van der Waals surface area contributed by atoms with Crippen molar-refractivity contribution in [3.63, 3.8) is 0 Å². The van der Waals surface area contributed by atoms with E-state index in [4.69, 9.17) is 19.3 Å². The second-order valence-electron chi connectivity index (χ2n) is 6.99. The highest BCUT2D eigenvalue weighted by atomic mass is 16.7. The van der Waals surface area contributed by atoms with Crippen LogP contribution in [0, 0.1) is 0 Å². The number of rotatable bonds is 8. The fraction of sp³-hybridized carbons (Fsp3) is 0.571. The van der Waals surface area contributed by atoms with E-state index >= 15 is 0 Å². The van der Waals surface area contributed by atoms with Crippen LogP contribution in [0.15, 0.2) is 36.1 Å². The Labute approximate surface area is 160 Å². The molecule has 1 amide bonds. The molecular formula is C21H29NO5. The van der Waals surface area contributed by atoms with Gasteiger partial charge in [-0.3, -0.25) is 4.79 Å². The lowest BCUT2D eigenvalue weighted by molar-refractivity contribution is -0.152. The van der Waals surface area contributed by atoms with E-state index in [0.717, 1.165) is 43.7 Å². The van der Waals surface area contributed by atoms with Gasteiger partial charge in [-0.2, -0.15) is 0 Å². The molecule has 2 aliphatic rings. The van der Waals surface area contributed by atoms with Gasteiger partial charge in [0.15, 0.2) is 5.76 Å². The van der Waals surface area contributed by atoms with E-state index in [9.17, 15) is 4.79 Å². The summed E-state index contributed by atoms with van der Waals surface area (Å²) >= 11 is 0. The Hall–Kier alpha value is -2.05. The van der Waals surface area contributed by atoms with Crippen LogP contribution in [0.2, 0.25) is 0 Å². The molecule has 0 spiro atoms. The first-order valence-corrected chi connectivity index (χ1v) is 9.75. The number of benzene rings is 1. The number of unbranched alkanes of at least 4 members (excludes halogenated alkanes) is 1. The largest absolute Gasteiger partial charge is 0.497 e. The summed E-state index contributed by atoms with van der Waals surface area (Å²) in [4.78, 5) is 14.7. The van der Waals surface area contributed by atoms with Crippen molar-refractivity contribution in [2.24, 2.45) is 0 Å². The van der Waals surface area contributed by atoms with Crippen LogP contribution in [0.25, 0.3) is 0 Å². The molecule has 1 N–H and O–H groups in total. The summed E-state index contributed by atoms with van der Waals surface area (Å²) in [5.74, 6) is 1.19. The lowest BCUT2D eigenvalue weighted by Crippen LogP contribution is -2.35. The number of carbonyl (C=O) groups is 1. The molecule has 3 rings (SSSR count). The van der Waals surface area contributed by atoms with Crippen LogP contribution in [0.5, 0.6) is 5.75 Å². The Morgan fingerprint density at radius 2 is 1.96 bits per heavy atom. The predicted octanol–water partition coefficient (Wildman–Crippen LogP) is 2.82. The fourth-order valence-corrected chi connectivity index (χ4v) is 3.50. The minimum atomic E-state index is -0.456. The van der Waals surface area contributed by atoms with Gasteiger partial charge in [0, 0.05) is 32.0 Å². The molecule has 1 aromatic carbocycles. The van der Waals surface area contributed by atoms with Crippen LogP contribution in [-0.2, 0) is 14.3 Å². The van der Waals surface area contributed by atoms with Gasteiger partial charge in [0.1, 0.15) is 5.75 Å². The second kappa shape index (κ2) is 9.76. The van der Waals surface area contributed by atoms with Gasteiger partial charge < -0.3 is 24.2 Å². The predicted molar refractivity (Wildman–Crippen MR) is 101 cm³/mol. The van der Waals surface area contributed by atoms with Gasteiger partial charge >= 0.3 is 0 Å². The molecule has 1 aromatic rings. The highest BCUT2D eigenvalue weighted by Crippen LogP contribution is 2.33. The third-order valence-corrected chi connectivity index (χ3v) is 5.06. The van der Waals surface area contributed by atoms with E-state index in [1.54, 1.807) is 7.11 Å². The molecule has 27 heavy (non-hydrogen) atoms. The van der Waals surface area contributed by atoms with Gasteiger partial charge in [0.25, 0.3) is 5.91 Å². The molecule has 0 aromatic heterocycles. The van der Waals surface area contributed by atoms with Crippen molar-refractivity contribution in [3.8, 4) is 5.75 Å². The average Bonchev–Trinajstić information content (AvgIpc) is 3.25. The number of aliphatic hydroxyl groups is 1. The Kier molecular flexibility index (Phi) is 7.12. The van der Waals surface area contributed by atoms with E-state index in [1.807, 2.05) is 35.2 Å². The maximum absolute atomic E-state index is 12.8. The van der Waals surface area contributed by atoms with E-state index in [2.05, 4.69) is 0 Å². The molecule has 148 valence electrons. The van der Waals surface area contributed by atoms with Crippen molar-refractivity contribution in [1.82, 2.24) is 4.90 Å². The van der Waals surface area contributed by atoms with Crippen LogP contribution in [-0.4, -0.2) is 55.6 Å². The van der Waals surface area contributed by atoms with Crippen molar-refractivity contribution >= 4 is 5.91 Å². The van der Waals surface area contributed by atoms with Gasteiger partial charge in [-0.15, -0.1) is 0 Å². The van der Waals surface area contributed by atoms with Gasteiger partial charge in [0.05, 0.1) is 13.7 Å². The number of hydrogen-bond donors (Lipinski definition) is 1. The minimum absolute atomic E-state index is 0.0466. The molecule has 6 nitrogen and oxygen atoms in total. The zero-order valence-corrected chi connectivity index (χ0v) is 15.9. The minimum Gasteiger partial charge on any atom is -0.497 e. The Bertz CT molecular complexity index is 636. The molecule has 0 bridgehead atoms. The van der Waals surface area contributed by atoms with Crippen LogP contribution >= 0.6 is 0 Å². The zero-order valence-electron chi connectivity index (χ0n) is 15.9. The molecule has 0 aliphatic carbocycles. The zero-order chi connectivity index (χ0) is 19.1. The number of methoxy groups -OCH3 is 1. The first kappa shape index (κ1) is 19.7. The molecule has 0 unspecified atom stereocenters. The second-order valence-corrected chi connectivity index (χ2v) is 6.99. The maximum Gasteiger partial charge on any atom is 0.288 e. The molecule has 2 aliphatic heterocycles. The first-order valence-electron chi connectivity index (χ1n) is 9.75. The van der Waals surface area contributed by atoms with Crippen LogP contribution in [0.3, 0.4) is 0 Å².